The van der Waals surface area contributed by atoms with E-state index in [4.69, 9.17) is 5.26 Å². The number of hydrogen-bond donors (Lipinski definition) is 0. The Labute approximate surface area is 65.5 Å². The van der Waals surface area contributed by atoms with E-state index in [1.54, 1.807) is 11.0 Å². The fourth-order valence-electron chi connectivity index (χ4n) is 0.739. The topological polar surface area (TPSA) is 54.5 Å². The van der Waals surface area contributed by atoms with Crippen molar-refractivity contribution in [3.05, 3.63) is 12.7 Å². The lowest BCUT2D eigenvalue weighted by molar-refractivity contribution is 0.521. The zero-order valence-electron chi connectivity index (χ0n) is 6.44. The van der Waals surface area contributed by atoms with Crippen LogP contribution in [0.15, 0.2) is 12.7 Å². The largest absolute Gasteiger partial charge is 0.253 e. The molecule has 0 fully saturated rings. The molecule has 0 aliphatic rings. The summed E-state index contributed by atoms with van der Waals surface area (Å²) in [4.78, 5) is 3.79. The molecule has 0 radical (unpaired) electrons. The second kappa shape index (κ2) is 3.71. The minimum Gasteiger partial charge on any atom is -0.253 e. The van der Waals surface area contributed by atoms with Crippen molar-refractivity contribution in [1.29, 1.82) is 5.26 Å². The Morgan fingerprint density at radius 1 is 1.73 bits per heavy atom. The summed E-state index contributed by atoms with van der Waals surface area (Å²) in [5, 5.41) is 12.4. The van der Waals surface area contributed by atoms with Gasteiger partial charge in [0.15, 0.2) is 0 Å². The lowest BCUT2D eigenvalue weighted by Gasteiger charge is -2.00. The number of hydrogen-bond acceptors (Lipinski definition) is 3. The van der Waals surface area contributed by atoms with Crippen LogP contribution in [0.1, 0.15) is 13.3 Å². The molecule has 4 nitrogen and oxygen atoms in total. The third-order valence-corrected chi connectivity index (χ3v) is 1.48. The van der Waals surface area contributed by atoms with Gasteiger partial charge in [0, 0.05) is 12.5 Å². The predicted octanol–water partition coefficient (Wildman–Crippen LogP) is 0.828. The molecular formula is C7H10N4. The molecule has 0 aromatic carbocycles. The van der Waals surface area contributed by atoms with Crippen molar-refractivity contribution >= 4 is 0 Å². The Kier molecular flexibility index (Phi) is 2.61. The number of aryl methyl sites for hydroxylation is 1. The van der Waals surface area contributed by atoms with E-state index in [9.17, 15) is 0 Å². The van der Waals surface area contributed by atoms with Crippen molar-refractivity contribution in [2.75, 3.05) is 0 Å². The molecule has 11 heavy (non-hydrogen) atoms. The smallest absolute Gasteiger partial charge is 0.137 e. The van der Waals surface area contributed by atoms with E-state index in [0.29, 0.717) is 0 Å². The van der Waals surface area contributed by atoms with Crippen molar-refractivity contribution in [2.45, 2.75) is 19.9 Å². The molecule has 0 spiro atoms. The Morgan fingerprint density at radius 3 is 3.09 bits per heavy atom. The van der Waals surface area contributed by atoms with E-state index in [2.05, 4.69) is 16.2 Å². The van der Waals surface area contributed by atoms with Gasteiger partial charge in [-0.25, -0.2) is 4.98 Å². The third kappa shape index (κ3) is 2.38. The van der Waals surface area contributed by atoms with Crippen molar-refractivity contribution in [3.8, 4) is 6.07 Å². The standard InChI is InChI=1S/C7H10N4/c1-7(4-8)2-3-11-6-9-5-10-11/h5-7H,2-3H2,1H3. The molecule has 1 atom stereocenters. The van der Waals surface area contributed by atoms with Gasteiger partial charge in [-0.05, 0) is 13.3 Å². The molecule has 0 N–H and O–H groups in total. The van der Waals surface area contributed by atoms with E-state index in [1.165, 1.54) is 6.33 Å². The van der Waals surface area contributed by atoms with Gasteiger partial charge in [-0.1, -0.05) is 0 Å². The second-order valence-electron chi connectivity index (χ2n) is 2.48. The van der Waals surface area contributed by atoms with Crippen LogP contribution in [-0.2, 0) is 6.54 Å². The van der Waals surface area contributed by atoms with Crippen molar-refractivity contribution in [2.24, 2.45) is 5.92 Å². The van der Waals surface area contributed by atoms with E-state index >= 15 is 0 Å². The van der Waals surface area contributed by atoms with Gasteiger partial charge in [0.05, 0.1) is 6.07 Å². The molecule has 1 rings (SSSR count). The fourth-order valence-corrected chi connectivity index (χ4v) is 0.739. The quantitative estimate of drug-likeness (QED) is 0.641. The van der Waals surface area contributed by atoms with Crippen LogP contribution in [0.2, 0.25) is 0 Å². The molecule has 58 valence electrons. The first-order valence-electron chi connectivity index (χ1n) is 3.55. The molecule has 1 unspecified atom stereocenters. The van der Waals surface area contributed by atoms with Crippen LogP contribution >= 0.6 is 0 Å². The van der Waals surface area contributed by atoms with Crippen molar-refractivity contribution < 1.29 is 0 Å². The van der Waals surface area contributed by atoms with Crippen LogP contribution in [0.4, 0.5) is 0 Å². The first kappa shape index (κ1) is 7.73. The molecule has 1 aromatic rings. The Morgan fingerprint density at radius 2 is 2.55 bits per heavy atom. The molecule has 0 amide bonds. The normalized spacial score (nSPS) is 12.4. The Bertz CT molecular complexity index is 233. The Hall–Kier alpha value is -1.37. The maximum atomic E-state index is 8.47. The molecule has 4 heteroatoms. The molecule has 0 aliphatic carbocycles. The maximum Gasteiger partial charge on any atom is 0.137 e. The molecule has 1 aromatic heterocycles. The van der Waals surface area contributed by atoms with E-state index in [-0.39, 0.29) is 5.92 Å². The minimum atomic E-state index is 0.0965. The van der Waals surface area contributed by atoms with Gasteiger partial charge in [-0.3, -0.25) is 4.68 Å². The second-order valence-corrected chi connectivity index (χ2v) is 2.48. The van der Waals surface area contributed by atoms with E-state index < -0.39 is 0 Å². The Balaban J connectivity index is 2.30. The SMILES string of the molecule is CC(C#N)CCn1cncn1. The average Bonchev–Trinajstić information content (AvgIpc) is 2.52. The highest BCUT2D eigenvalue weighted by Gasteiger charge is 1.99. The number of aromatic nitrogens is 3. The first-order chi connectivity index (χ1) is 5.33. The number of rotatable bonds is 3. The highest BCUT2D eigenvalue weighted by molar-refractivity contribution is 4.78. The summed E-state index contributed by atoms with van der Waals surface area (Å²) in [5.41, 5.74) is 0. The highest BCUT2D eigenvalue weighted by atomic mass is 15.3. The minimum absolute atomic E-state index is 0.0965. The lowest BCUT2D eigenvalue weighted by atomic mass is 10.1. The zero-order valence-corrected chi connectivity index (χ0v) is 6.44. The summed E-state index contributed by atoms with van der Waals surface area (Å²) in [6.07, 6.45) is 3.99. The van der Waals surface area contributed by atoms with Gasteiger partial charge in [-0.15, -0.1) is 0 Å². The summed E-state index contributed by atoms with van der Waals surface area (Å²) >= 11 is 0. The van der Waals surface area contributed by atoms with Crippen LogP contribution in [0.25, 0.3) is 0 Å². The van der Waals surface area contributed by atoms with Crippen LogP contribution in [0.5, 0.6) is 0 Å². The van der Waals surface area contributed by atoms with Gasteiger partial charge < -0.3 is 0 Å². The molecule has 0 bridgehead atoms. The summed E-state index contributed by atoms with van der Waals surface area (Å²) in [7, 11) is 0. The van der Waals surface area contributed by atoms with Gasteiger partial charge >= 0.3 is 0 Å². The summed E-state index contributed by atoms with van der Waals surface area (Å²) in [6.45, 7) is 2.67. The molecule has 1 heterocycles. The fraction of sp³-hybridized carbons (Fsp3) is 0.571. The number of nitrogens with zero attached hydrogens (tertiary/aromatic N) is 4. The van der Waals surface area contributed by atoms with Gasteiger partial charge in [0.1, 0.15) is 12.7 Å². The number of nitriles is 1. The van der Waals surface area contributed by atoms with Crippen LogP contribution in [-0.4, -0.2) is 14.8 Å². The molecular weight excluding hydrogens is 140 g/mol. The average molecular weight is 150 g/mol. The van der Waals surface area contributed by atoms with Gasteiger partial charge in [0.25, 0.3) is 0 Å². The summed E-state index contributed by atoms with van der Waals surface area (Å²) in [5.74, 6) is 0.0965. The third-order valence-electron chi connectivity index (χ3n) is 1.48. The first-order valence-corrected chi connectivity index (χ1v) is 3.55. The monoisotopic (exact) mass is 150 g/mol. The van der Waals surface area contributed by atoms with E-state index in [1.807, 2.05) is 6.92 Å². The van der Waals surface area contributed by atoms with Gasteiger partial charge in [-0.2, -0.15) is 10.4 Å². The van der Waals surface area contributed by atoms with Crippen molar-refractivity contribution in [1.82, 2.24) is 14.8 Å². The van der Waals surface area contributed by atoms with E-state index in [0.717, 1.165) is 13.0 Å². The molecule has 0 aliphatic heterocycles. The summed E-state index contributed by atoms with van der Waals surface area (Å²) < 4.78 is 1.73. The molecule has 0 saturated heterocycles. The molecule has 0 saturated carbocycles. The lowest BCUT2D eigenvalue weighted by Crippen LogP contribution is -2.02. The van der Waals surface area contributed by atoms with Crippen molar-refractivity contribution in [3.63, 3.8) is 0 Å². The van der Waals surface area contributed by atoms with Crippen LogP contribution in [0, 0.1) is 17.2 Å². The highest BCUT2D eigenvalue weighted by Crippen LogP contribution is 2.00. The maximum absolute atomic E-state index is 8.47. The zero-order chi connectivity index (χ0) is 8.10. The predicted molar refractivity (Wildman–Crippen MR) is 39.4 cm³/mol. The van der Waals surface area contributed by atoms with Crippen LogP contribution in [0.3, 0.4) is 0 Å². The van der Waals surface area contributed by atoms with Gasteiger partial charge in [0.2, 0.25) is 0 Å². The van der Waals surface area contributed by atoms with Crippen LogP contribution < -0.4 is 0 Å². The summed E-state index contributed by atoms with van der Waals surface area (Å²) in [6, 6.07) is 2.17.